The first-order valence-corrected chi connectivity index (χ1v) is 21.6. The van der Waals surface area contributed by atoms with Crippen LogP contribution in [0, 0.1) is 34.5 Å². The minimum atomic E-state index is -0.501. The second-order valence-electron chi connectivity index (χ2n) is 17.9. The van der Waals surface area contributed by atoms with Crippen LogP contribution in [0.4, 0.5) is 0 Å². The Morgan fingerprint density at radius 2 is 1.59 bits per heavy atom. The van der Waals surface area contributed by atoms with Gasteiger partial charge in [-0.2, -0.15) is 0 Å². The van der Waals surface area contributed by atoms with E-state index in [0.717, 1.165) is 58.8 Å². The molecule has 5 aliphatic rings. The monoisotopic (exact) mass is 779 g/mol. The average Bonchev–Trinajstić information content (AvgIpc) is 3.69. The van der Waals surface area contributed by atoms with E-state index >= 15 is 0 Å². The van der Waals surface area contributed by atoms with Gasteiger partial charge in [-0.15, -0.1) is 11.3 Å². The number of hydrogen-bond donors (Lipinski definition) is 3. The van der Waals surface area contributed by atoms with E-state index in [0.29, 0.717) is 54.4 Å². The van der Waals surface area contributed by atoms with Gasteiger partial charge in [0.05, 0.1) is 12.2 Å². The molecule has 3 aromatic carbocycles. The summed E-state index contributed by atoms with van der Waals surface area (Å²) in [5, 5.41) is 31.3. The maximum atomic E-state index is 13.6. The van der Waals surface area contributed by atoms with E-state index in [-0.39, 0.29) is 34.1 Å². The molecule has 7 atom stereocenters. The Morgan fingerprint density at radius 1 is 0.875 bits per heavy atom. The number of aromatic hydroxyl groups is 2. The third kappa shape index (κ3) is 7.24. The minimum absolute atomic E-state index is 0.00497. The molecule has 8 nitrogen and oxygen atoms in total. The van der Waals surface area contributed by atoms with Gasteiger partial charge in [0, 0.05) is 44.5 Å². The van der Waals surface area contributed by atoms with E-state index in [1.807, 2.05) is 24.3 Å². The molecule has 3 N–H and O–H groups in total. The van der Waals surface area contributed by atoms with Crippen LogP contribution in [-0.4, -0.2) is 70.4 Å². The summed E-state index contributed by atoms with van der Waals surface area (Å²) in [5.41, 5.74) is 1.79. The Balaban J connectivity index is 0.000000172. The van der Waals surface area contributed by atoms with Crippen molar-refractivity contribution in [1.82, 2.24) is 4.90 Å². The normalized spacial score (nSPS) is 31.3. The zero-order chi connectivity index (χ0) is 39.2. The fourth-order valence-corrected chi connectivity index (χ4v) is 12.5. The van der Waals surface area contributed by atoms with Gasteiger partial charge >= 0.3 is 5.97 Å². The Labute approximate surface area is 334 Å². The lowest BCUT2D eigenvalue weighted by Crippen LogP contribution is -2.57. The summed E-state index contributed by atoms with van der Waals surface area (Å²) in [7, 11) is 0. The number of thiophene rings is 1. The summed E-state index contributed by atoms with van der Waals surface area (Å²) in [6, 6.07) is 19.2. The van der Waals surface area contributed by atoms with Crippen molar-refractivity contribution in [3.8, 4) is 27.7 Å². The number of hydrogen-bond acceptors (Lipinski definition) is 9. The van der Waals surface area contributed by atoms with Crippen molar-refractivity contribution in [3.05, 3.63) is 77.9 Å². The van der Waals surface area contributed by atoms with Crippen molar-refractivity contribution in [3.63, 3.8) is 0 Å². The zero-order valence-electron chi connectivity index (χ0n) is 33.1. The van der Waals surface area contributed by atoms with Gasteiger partial charge in [-0.05, 0) is 173 Å². The SMILES string of the molecule is C[C@]12COC(=O)C[C@@H]1CC[C@@H]1[C@@H]2CC[C@@]2(C)[C@H]1CC[C@]2(C)O.O=C(c1ccc(OCCN2CCCCC2)cc1)c1c(-c2ccc(O)cc2)sc2cc(O)ccc12. The number of phenolic OH excluding ortho intramolecular Hbond substituents is 2. The highest BCUT2D eigenvalue weighted by atomic mass is 32.1. The lowest BCUT2D eigenvalue weighted by atomic mass is 9.46. The second kappa shape index (κ2) is 15.4. The van der Waals surface area contributed by atoms with Crippen molar-refractivity contribution < 1.29 is 34.4 Å². The number of ketones is 1. The van der Waals surface area contributed by atoms with Crippen molar-refractivity contribution >= 4 is 33.2 Å². The molecular weight excluding hydrogens is 723 g/mol. The largest absolute Gasteiger partial charge is 0.508 e. The molecular formula is C47H57NO7S. The molecule has 298 valence electrons. The van der Waals surface area contributed by atoms with Crippen LogP contribution in [0.3, 0.4) is 0 Å². The van der Waals surface area contributed by atoms with E-state index in [9.17, 15) is 24.9 Å². The highest BCUT2D eigenvalue weighted by molar-refractivity contribution is 7.22. The number of carbonyl (C=O) groups excluding carboxylic acids is 2. The molecule has 2 saturated heterocycles. The van der Waals surface area contributed by atoms with E-state index in [1.54, 1.807) is 42.5 Å². The number of fused-ring (bicyclic) bond motifs is 6. The van der Waals surface area contributed by atoms with Crippen LogP contribution < -0.4 is 4.74 Å². The smallest absolute Gasteiger partial charge is 0.306 e. The number of phenols is 2. The van der Waals surface area contributed by atoms with Crippen LogP contribution in [0.5, 0.6) is 17.2 Å². The molecule has 3 saturated carbocycles. The van der Waals surface area contributed by atoms with Crippen LogP contribution in [0.2, 0.25) is 0 Å². The highest BCUT2D eigenvalue weighted by Crippen LogP contribution is 2.67. The maximum Gasteiger partial charge on any atom is 0.306 e. The molecule has 0 amide bonds. The van der Waals surface area contributed by atoms with Gasteiger partial charge < -0.3 is 24.8 Å². The topological polar surface area (TPSA) is 117 Å². The molecule has 2 aliphatic heterocycles. The Morgan fingerprint density at radius 3 is 2.34 bits per heavy atom. The van der Waals surface area contributed by atoms with Crippen molar-refractivity contribution in [2.75, 3.05) is 32.8 Å². The second-order valence-corrected chi connectivity index (χ2v) is 19.0. The van der Waals surface area contributed by atoms with Gasteiger partial charge in [0.15, 0.2) is 5.78 Å². The standard InChI is InChI=1S/C28H27NO4S.C19H30O3/c30-21-8-4-20(5-9-21)28-26(24-13-10-22(31)18-25(24)34-28)27(32)19-6-11-23(12-7-19)33-17-16-29-14-2-1-3-15-29;1-17-11-22-16(20)10-12(17)4-5-13-14(17)6-8-18(2)15(13)7-9-19(18,3)21/h4-13,18,30-31H,1-3,14-17H2;12-15,21H,4-11H2,1-3H3/t;12-,13+,14-,15-,17-,18-,19-/m.0/s1. The number of nitrogens with zero attached hydrogens (tertiary/aromatic N) is 1. The predicted octanol–water partition coefficient (Wildman–Crippen LogP) is 9.62. The van der Waals surface area contributed by atoms with Gasteiger partial charge in [-0.3, -0.25) is 14.5 Å². The molecule has 9 heteroatoms. The number of likely N-dealkylation sites (tertiary alicyclic amines) is 1. The number of rotatable bonds is 7. The van der Waals surface area contributed by atoms with Gasteiger partial charge in [0.25, 0.3) is 0 Å². The maximum absolute atomic E-state index is 13.6. The predicted molar refractivity (Wildman–Crippen MR) is 220 cm³/mol. The van der Waals surface area contributed by atoms with Gasteiger partial charge in [0.2, 0.25) is 0 Å². The van der Waals surface area contributed by atoms with Crippen molar-refractivity contribution in [2.24, 2.45) is 34.5 Å². The summed E-state index contributed by atoms with van der Waals surface area (Å²) in [4.78, 5) is 28.6. The highest BCUT2D eigenvalue weighted by Gasteiger charge is 2.63. The van der Waals surface area contributed by atoms with Gasteiger partial charge in [0.1, 0.15) is 23.9 Å². The number of carbonyl (C=O) groups is 2. The minimum Gasteiger partial charge on any atom is -0.508 e. The molecule has 0 unspecified atom stereocenters. The first-order chi connectivity index (χ1) is 26.9. The van der Waals surface area contributed by atoms with Crippen LogP contribution in [0.25, 0.3) is 20.5 Å². The molecule has 5 fully saturated rings. The molecule has 3 heterocycles. The Kier molecular flexibility index (Phi) is 10.7. The van der Waals surface area contributed by atoms with E-state index in [4.69, 9.17) is 9.47 Å². The summed E-state index contributed by atoms with van der Waals surface area (Å²) >= 11 is 1.46. The fourth-order valence-electron chi connectivity index (χ4n) is 11.3. The third-order valence-corrected chi connectivity index (χ3v) is 16.1. The lowest BCUT2D eigenvalue weighted by Gasteiger charge is -2.60. The fraction of sp³-hybridized carbons (Fsp3) is 0.532. The molecule has 9 rings (SSSR count). The Hall–Kier alpha value is -3.92. The molecule has 0 bridgehead atoms. The van der Waals surface area contributed by atoms with Crippen LogP contribution >= 0.6 is 11.3 Å². The lowest BCUT2D eigenvalue weighted by molar-refractivity contribution is -0.186. The quantitative estimate of drug-likeness (QED) is 0.126. The van der Waals surface area contributed by atoms with Crippen LogP contribution in [0.15, 0.2) is 66.7 Å². The first-order valence-electron chi connectivity index (χ1n) is 20.8. The van der Waals surface area contributed by atoms with E-state index < -0.39 is 5.60 Å². The van der Waals surface area contributed by atoms with Crippen LogP contribution in [-0.2, 0) is 9.53 Å². The van der Waals surface area contributed by atoms with Crippen molar-refractivity contribution in [1.29, 1.82) is 0 Å². The molecule has 3 aliphatic carbocycles. The first kappa shape index (κ1) is 38.9. The van der Waals surface area contributed by atoms with Crippen LogP contribution in [0.1, 0.15) is 101 Å². The Bertz CT molecular complexity index is 2050. The molecule has 4 aromatic rings. The number of esters is 1. The molecule has 0 radical (unpaired) electrons. The average molecular weight is 780 g/mol. The number of ether oxygens (including phenoxy) is 2. The van der Waals surface area contributed by atoms with E-state index in [2.05, 4.69) is 25.7 Å². The molecule has 0 spiro atoms. The number of cyclic esters (lactones) is 1. The molecule has 56 heavy (non-hydrogen) atoms. The summed E-state index contributed by atoms with van der Waals surface area (Å²) in [5.74, 6) is 3.56. The van der Waals surface area contributed by atoms with Gasteiger partial charge in [-0.1, -0.05) is 20.3 Å². The summed E-state index contributed by atoms with van der Waals surface area (Å²) in [6.45, 7) is 11.2. The van der Waals surface area contributed by atoms with Crippen molar-refractivity contribution in [2.45, 2.75) is 90.6 Å². The van der Waals surface area contributed by atoms with E-state index in [1.165, 1.54) is 56.3 Å². The third-order valence-electron chi connectivity index (χ3n) is 14.9. The number of benzene rings is 3. The number of aliphatic hydroxyl groups is 1. The number of piperidine rings is 1. The summed E-state index contributed by atoms with van der Waals surface area (Å²) < 4.78 is 12.2. The zero-order valence-corrected chi connectivity index (χ0v) is 33.9. The molecule has 1 aromatic heterocycles. The van der Waals surface area contributed by atoms with Gasteiger partial charge in [-0.25, -0.2) is 0 Å². The summed E-state index contributed by atoms with van der Waals surface area (Å²) in [6.07, 6.45) is 11.3.